The minimum Gasteiger partial charge on any atom is -0.475 e. The van der Waals surface area contributed by atoms with Crippen molar-refractivity contribution in [2.75, 3.05) is 0 Å². The monoisotopic (exact) mass is 207 g/mol. The zero-order valence-electron chi connectivity index (χ0n) is 6.91. The molecule has 1 N–H and O–H groups in total. The van der Waals surface area contributed by atoms with Crippen LogP contribution in [0.5, 0.6) is 0 Å². The van der Waals surface area contributed by atoms with Gasteiger partial charge < -0.3 is 5.11 Å². The molecule has 2 rings (SSSR count). The molecule has 0 spiro atoms. The van der Waals surface area contributed by atoms with Gasteiger partial charge in [-0.25, -0.2) is 14.8 Å². The fourth-order valence-corrected chi connectivity index (χ4v) is 1.52. The van der Waals surface area contributed by atoms with Gasteiger partial charge in [0, 0.05) is 24.2 Å². The second-order valence-electron chi connectivity index (χ2n) is 2.47. The Kier molecular flexibility index (Phi) is 2.19. The maximum Gasteiger partial charge on any atom is 0.373 e. The molecule has 0 amide bonds. The number of aromatic carboxylic acids is 1. The van der Waals surface area contributed by atoms with Gasteiger partial charge in [0.25, 0.3) is 0 Å². The number of carboxylic acids is 1. The second kappa shape index (κ2) is 3.51. The van der Waals surface area contributed by atoms with E-state index in [0.29, 0.717) is 0 Å². The van der Waals surface area contributed by atoms with Gasteiger partial charge in [-0.2, -0.15) is 0 Å². The van der Waals surface area contributed by atoms with E-state index in [1.165, 1.54) is 23.7 Å². The first kappa shape index (κ1) is 8.76. The summed E-state index contributed by atoms with van der Waals surface area (Å²) in [7, 11) is 0. The molecule has 14 heavy (non-hydrogen) atoms. The van der Waals surface area contributed by atoms with E-state index < -0.39 is 5.97 Å². The maximum absolute atomic E-state index is 10.5. The van der Waals surface area contributed by atoms with Gasteiger partial charge in [-0.15, -0.1) is 11.3 Å². The number of carbonyl (C=O) groups is 1. The molecule has 0 bridgehead atoms. The third-order valence-corrected chi connectivity index (χ3v) is 2.38. The zero-order chi connectivity index (χ0) is 9.97. The van der Waals surface area contributed by atoms with Crippen LogP contribution in [0, 0.1) is 0 Å². The minimum atomic E-state index is -1.12. The van der Waals surface area contributed by atoms with Gasteiger partial charge in [0.05, 0.1) is 10.4 Å². The normalized spacial score (nSPS) is 10.0. The van der Waals surface area contributed by atoms with Crippen LogP contribution in [0.25, 0.3) is 10.4 Å². The van der Waals surface area contributed by atoms with Crippen LogP contribution in [0.3, 0.4) is 0 Å². The summed E-state index contributed by atoms with van der Waals surface area (Å²) in [5.41, 5.74) is 2.47. The Labute approximate surface area is 83.1 Å². The van der Waals surface area contributed by atoms with E-state index in [9.17, 15) is 4.79 Å². The van der Waals surface area contributed by atoms with Crippen molar-refractivity contribution >= 4 is 17.3 Å². The highest BCUT2D eigenvalue weighted by molar-refractivity contribution is 7.13. The van der Waals surface area contributed by atoms with E-state index in [0.717, 1.165) is 10.4 Å². The molecule has 2 aromatic rings. The van der Waals surface area contributed by atoms with Crippen molar-refractivity contribution in [3.8, 4) is 10.4 Å². The van der Waals surface area contributed by atoms with E-state index in [-0.39, 0.29) is 5.82 Å². The summed E-state index contributed by atoms with van der Waals surface area (Å²) in [6.07, 6.45) is 4.64. The van der Waals surface area contributed by atoms with Gasteiger partial charge >= 0.3 is 5.97 Å². The lowest BCUT2D eigenvalue weighted by atomic mass is 10.3. The van der Waals surface area contributed by atoms with Crippen molar-refractivity contribution in [3.05, 3.63) is 29.9 Å². The van der Waals surface area contributed by atoms with Gasteiger partial charge in [0.15, 0.2) is 0 Å². The lowest BCUT2D eigenvalue weighted by molar-refractivity contribution is 0.0683. The van der Waals surface area contributed by atoms with E-state index in [2.05, 4.69) is 15.0 Å². The van der Waals surface area contributed by atoms with Gasteiger partial charge in [-0.3, -0.25) is 4.98 Å². The number of thiazole rings is 1. The standard InChI is InChI=1S/C8H5N3O2S/c12-8(13)7-10-1-5(2-11-7)6-3-9-4-14-6/h1-4H,(H,12,13). The first-order chi connectivity index (χ1) is 6.77. The molecule has 0 aliphatic rings. The molecular weight excluding hydrogens is 202 g/mol. The summed E-state index contributed by atoms with van der Waals surface area (Å²) in [5, 5.41) is 8.57. The summed E-state index contributed by atoms with van der Waals surface area (Å²) < 4.78 is 0. The molecule has 2 aromatic heterocycles. The van der Waals surface area contributed by atoms with E-state index >= 15 is 0 Å². The highest BCUT2D eigenvalue weighted by Gasteiger charge is 2.06. The SMILES string of the molecule is O=C(O)c1ncc(-c2cncs2)cn1. The fraction of sp³-hybridized carbons (Fsp3) is 0. The largest absolute Gasteiger partial charge is 0.475 e. The van der Waals surface area contributed by atoms with Crippen molar-refractivity contribution in [2.24, 2.45) is 0 Å². The Morgan fingerprint density at radius 2 is 2.00 bits per heavy atom. The van der Waals surface area contributed by atoms with Crippen molar-refractivity contribution < 1.29 is 9.90 Å². The molecule has 5 nitrogen and oxygen atoms in total. The van der Waals surface area contributed by atoms with Gasteiger partial charge in [0.1, 0.15) is 0 Å². The summed E-state index contributed by atoms with van der Waals surface area (Å²) in [4.78, 5) is 22.7. The Bertz CT molecular complexity index is 438. The molecule has 0 saturated heterocycles. The van der Waals surface area contributed by atoms with Crippen LogP contribution in [0.15, 0.2) is 24.1 Å². The number of carboxylic acid groups (broad SMARTS) is 1. The number of aromatic nitrogens is 3. The number of nitrogens with zero attached hydrogens (tertiary/aromatic N) is 3. The van der Waals surface area contributed by atoms with Crippen LogP contribution in [-0.4, -0.2) is 26.0 Å². The first-order valence-electron chi connectivity index (χ1n) is 3.71. The van der Waals surface area contributed by atoms with Crippen molar-refractivity contribution in [2.45, 2.75) is 0 Å². The molecule has 70 valence electrons. The predicted octanol–water partition coefficient (Wildman–Crippen LogP) is 1.30. The minimum absolute atomic E-state index is 0.196. The van der Waals surface area contributed by atoms with Gasteiger partial charge in [0.2, 0.25) is 5.82 Å². The quantitative estimate of drug-likeness (QED) is 0.803. The van der Waals surface area contributed by atoms with Crippen molar-refractivity contribution in [3.63, 3.8) is 0 Å². The average molecular weight is 207 g/mol. The molecule has 0 aromatic carbocycles. The topological polar surface area (TPSA) is 76.0 Å². The molecule has 6 heteroatoms. The Hall–Kier alpha value is -1.82. The summed E-state index contributed by atoms with van der Waals surface area (Å²) in [6, 6.07) is 0. The predicted molar refractivity (Wildman–Crippen MR) is 50.1 cm³/mol. The lowest BCUT2D eigenvalue weighted by Crippen LogP contribution is -2.02. The molecule has 0 aliphatic heterocycles. The number of rotatable bonds is 2. The third-order valence-electron chi connectivity index (χ3n) is 1.56. The van der Waals surface area contributed by atoms with Crippen molar-refractivity contribution in [1.29, 1.82) is 0 Å². The van der Waals surface area contributed by atoms with Crippen LogP contribution in [0.2, 0.25) is 0 Å². The summed E-state index contributed by atoms with van der Waals surface area (Å²) in [6.45, 7) is 0. The highest BCUT2D eigenvalue weighted by Crippen LogP contribution is 2.20. The molecule has 2 heterocycles. The average Bonchev–Trinajstić information content (AvgIpc) is 2.71. The maximum atomic E-state index is 10.5. The summed E-state index contributed by atoms with van der Waals surface area (Å²) in [5.74, 6) is -1.32. The third kappa shape index (κ3) is 1.60. The van der Waals surface area contributed by atoms with E-state index in [1.807, 2.05) is 0 Å². The smallest absolute Gasteiger partial charge is 0.373 e. The Morgan fingerprint density at radius 1 is 1.29 bits per heavy atom. The molecule has 0 radical (unpaired) electrons. The van der Waals surface area contributed by atoms with E-state index in [1.54, 1.807) is 11.7 Å². The number of hydrogen-bond donors (Lipinski definition) is 1. The molecule has 0 fully saturated rings. The fourth-order valence-electron chi connectivity index (χ4n) is 0.924. The Morgan fingerprint density at radius 3 is 2.50 bits per heavy atom. The number of hydrogen-bond acceptors (Lipinski definition) is 5. The van der Waals surface area contributed by atoms with E-state index in [4.69, 9.17) is 5.11 Å². The zero-order valence-corrected chi connectivity index (χ0v) is 7.73. The Balaban J connectivity index is 2.36. The first-order valence-corrected chi connectivity index (χ1v) is 4.59. The molecular formula is C8H5N3O2S. The van der Waals surface area contributed by atoms with Gasteiger partial charge in [-0.05, 0) is 0 Å². The van der Waals surface area contributed by atoms with Crippen LogP contribution in [-0.2, 0) is 0 Å². The second-order valence-corrected chi connectivity index (χ2v) is 3.35. The van der Waals surface area contributed by atoms with Gasteiger partial charge in [-0.1, -0.05) is 0 Å². The summed E-state index contributed by atoms with van der Waals surface area (Å²) >= 11 is 1.45. The van der Waals surface area contributed by atoms with Crippen LogP contribution in [0.1, 0.15) is 10.6 Å². The molecule has 0 atom stereocenters. The van der Waals surface area contributed by atoms with Crippen LogP contribution >= 0.6 is 11.3 Å². The molecule has 0 aliphatic carbocycles. The highest BCUT2D eigenvalue weighted by atomic mass is 32.1. The van der Waals surface area contributed by atoms with Crippen LogP contribution in [0.4, 0.5) is 0 Å². The van der Waals surface area contributed by atoms with Crippen molar-refractivity contribution in [1.82, 2.24) is 15.0 Å². The lowest BCUT2D eigenvalue weighted by Gasteiger charge is -1.95. The molecule has 0 unspecified atom stereocenters. The molecule has 0 saturated carbocycles. The van der Waals surface area contributed by atoms with Crippen LogP contribution < -0.4 is 0 Å².